The van der Waals surface area contributed by atoms with Gasteiger partial charge in [0.2, 0.25) is 10.0 Å². The van der Waals surface area contributed by atoms with Crippen molar-refractivity contribution < 1.29 is 13.5 Å². The molecule has 0 unspecified atom stereocenters. The summed E-state index contributed by atoms with van der Waals surface area (Å²) in [5.74, 6) is 0. The Balaban J connectivity index is 3.20. The zero-order chi connectivity index (χ0) is 14.0. The van der Waals surface area contributed by atoms with E-state index in [4.69, 9.17) is 16.7 Å². The van der Waals surface area contributed by atoms with Gasteiger partial charge in [-0.3, -0.25) is 0 Å². The molecule has 0 atom stereocenters. The lowest BCUT2D eigenvalue weighted by molar-refractivity contribution is 0.281. The molecule has 0 aromatic heterocycles. The molecule has 0 aliphatic rings. The zero-order valence-electron chi connectivity index (χ0n) is 10.7. The molecule has 0 spiro atoms. The minimum atomic E-state index is -3.69. The molecule has 1 aromatic carbocycles. The number of aliphatic hydroxyl groups is 1. The van der Waals surface area contributed by atoms with Gasteiger partial charge < -0.3 is 5.11 Å². The molecule has 6 heteroatoms. The fraction of sp³-hybridized carbons (Fsp3) is 0.500. The highest BCUT2D eigenvalue weighted by Gasteiger charge is 2.26. The predicted octanol–water partition coefficient (Wildman–Crippen LogP) is 2.30. The Hall–Kier alpha value is -0.620. The van der Waals surface area contributed by atoms with Crippen molar-refractivity contribution in [2.45, 2.75) is 44.2 Å². The average molecular weight is 292 g/mol. The Morgan fingerprint density at radius 3 is 2.50 bits per heavy atom. The fourth-order valence-electron chi connectivity index (χ4n) is 1.34. The van der Waals surface area contributed by atoms with E-state index in [9.17, 15) is 8.42 Å². The number of rotatable bonds is 5. The van der Waals surface area contributed by atoms with Gasteiger partial charge in [0.25, 0.3) is 0 Å². The van der Waals surface area contributed by atoms with Gasteiger partial charge in [0.15, 0.2) is 0 Å². The Bertz CT molecular complexity index is 526. The molecule has 0 fully saturated rings. The van der Waals surface area contributed by atoms with Crippen LogP contribution in [0.2, 0.25) is 5.02 Å². The van der Waals surface area contributed by atoms with Crippen molar-refractivity contribution >= 4 is 21.6 Å². The molecule has 0 aliphatic heterocycles. The summed E-state index contributed by atoms with van der Waals surface area (Å²) in [5, 5.41) is 9.18. The predicted molar refractivity (Wildman–Crippen MR) is 72.1 cm³/mol. The highest BCUT2D eigenvalue weighted by molar-refractivity contribution is 7.89. The molecular weight excluding hydrogens is 274 g/mol. The maximum absolute atomic E-state index is 12.2. The van der Waals surface area contributed by atoms with Gasteiger partial charge in [-0.05, 0) is 38.0 Å². The first-order chi connectivity index (χ1) is 8.22. The van der Waals surface area contributed by atoms with E-state index in [0.717, 1.165) is 0 Å². The van der Waals surface area contributed by atoms with E-state index in [0.29, 0.717) is 12.0 Å². The Morgan fingerprint density at radius 1 is 1.39 bits per heavy atom. The molecule has 0 saturated heterocycles. The summed E-state index contributed by atoms with van der Waals surface area (Å²) in [6.07, 6.45) is 0.656. The summed E-state index contributed by atoms with van der Waals surface area (Å²) >= 11 is 5.91. The van der Waals surface area contributed by atoms with E-state index in [-0.39, 0.29) is 16.5 Å². The lowest BCUT2D eigenvalue weighted by Gasteiger charge is -2.24. The first-order valence-corrected chi connectivity index (χ1v) is 7.51. The highest BCUT2D eigenvalue weighted by Crippen LogP contribution is 2.24. The third-order valence-corrected chi connectivity index (χ3v) is 4.94. The summed E-state index contributed by atoms with van der Waals surface area (Å²) in [5.41, 5.74) is -0.0359. The van der Waals surface area contributed by atoms with E-state index in [1.54, 1.807) is 19.9 Å². The maximum Gasteiger partial charge on any atom is 0.242 e. The number of hydrogen-bond donors (Lipinski definition) is 2. The molecule has 102 valence electrons. The van der Waals surface area contributed by atoms with Crippen LogP contribution in [0, 0.1) is 0 Å². The lowest BCUT2D eigenvalue weighted by atomic mass is 10.0. The normalized spacial score (nSPS) is 12.7. The third-order valence-electron chi connectivity index (χ3n) is 2.76. The van der Waals surface area contributed by atoms with Crippen molar-refractivity contribution in [3.8, 4) is 0 Å². The first kappa shape index (κ1) is 15.4. The first-order valence-electron chi connectivity index (χ1n) is 5.65. The third kappa shape index (κ3) is 3.68. The summed E-state index contributed by atoms with van der Waals surface area (Å²) in [6.45, 7) is 5.27. The van der Waals surface area contributed by atoms with Crippen LogP contribution in [0.15, 0.2) is 23.1 Å². The fourth-order valence-corrected chi connectivity index (χ4v) is 3.38. The molecule has 0 aliphatic carbocycles. The van der Waals surface area contributed by atoms with Crippen molar-refractivity contribution in [3.05, 3.63) is 28.8 Å². The summed E-state index contributed by atoms with van der Waals surface area (Å²) in [7, 11) is -3.69. The number of aliphatic hydroxyl groups excluding tert-OH is 1. The van der Waals surface area contributed by atoms with Crippen molar-refractivity contribution in [3.63, 3.8) is 0 Å². The smallest absolute Gasteiger partial charge is 0.242 e. The zero-order valence-corrected chi connectivity index (χ0v) is 12.3. The molecule has 0 bridgehead atoms. The molecule has 0 heterocycles. The van der Waals surface area contributed by atoms with E-state index in [1.807, 2.05) is 6.92 Å². The number of hydrogen-bond acceptors (Lipinski definition) is 3. The molecule has 4 nitrogen and oxygen atoms in total. The van der Waals surface area contributed by atoms with Gasteiger partial charge in [0.05, 0.1) is 11.6 Å². The van der Waals surface area contributed by atoms with Gasteiger partial charge in [-0.15, -0.1) is 0 Å². The second-order valence-electron chi connectivity index (χ2n) is 4.77. The quantitative estimate of drug-likeness (QED) is 0.875. The Kier molecular flexibility index (Phi) is 4.78. The molecule has 0 saturated carbocycles. The van der Waals surface area contributed by atoms with E-state index < -0.39 is 15.6 Å². The SMILES string of the molecule is CCC(C)(C)NS(=O)(=O)c1cc(CO)ccc1Cl. The molecule has 0 amide bonds. The minimum Gasteiger partial charge on any atom is -0.392 e. The van der Waals surface area contributed by atoms with Crippen LogP contribution in [-0.4, -0.2) is 19.1 Å². The monoisotopic (exact) mass is 291 g/mol. The van der Waals surface area contributed by atoms with E-state index >= 15 is 0 Å². The standard InChI is InChI=1S/C12H18ClNO3S/c1-4-12(2,3)14-18(16,17)11-7-9(8-15)5-6-10(11)13/h5-7,14-15H,4,8H2,1-3H3. The van der Waals surface area contributed by atoms with Crippen molar-refractivity contribution in [1.82, 2.24) is 4.72 Å². The Labute approximate surface area is 113 Å². The summed E-state index contributed by atoms with van der Waals surface area (Å²) in [6, 6.07) is 4.45. The molecule has 18 heavy (non-hydrogen) atoms. The topological polar surface area (TPSA) is 66.4 Å². The van der Waals surface area contributed by atoms with Gasteiger partial charge >= 0.3 is 0 Å². The maximum atomic E-state index is 12.2. The van der Waals surface area contributed by atoms with Crippen molar-refractivity contribution in [2.24, 2.45) is 0 Å². The van der Waals surface area contributed by atoms with Crippen LogP contribution in [0.4, 0.5) is 0 Å². The van der Waals surface area contributed by atoms with Gasteiger partial charge in [-0.1, -0.05) is 24.6 Å². The van der Waals surface area contributed by atoms with Crippen molar-refractivity contribution in [1.29, 1.82) is 0 Å². The molecular formula is C12H18ClNO3S. The van der Waals surface area contributed by atoms with E-state index in [2.05, 4.69) is 4.72 Å². The molecule has 1 rings (SSSR count). The van der Waals surface area contributed by atoms with Crippen LogP contribution < -0.4 is 4.72 Å². The summed E-state index contributed by atoms with van der Waals surface area (Å²) < 4.78 is 27.0. The highest BCUT2D eigenvalue weighted by atomic mass is 35.5. The number of sulfonamides is 1. The summed E-state index contributed by atoms with van der Waals surface area (Å²) in [4.78, 5) is -0.00255. The van der Waals surface area contributed by atoms with Crippen LogP contribution >= 0.6 is 11.6 Å². The molecule has 1 aromatic rings. The van der Waals surface area contributed by atoms with Gasteiger partial charge in [-0.25, -0.2) is 13.1 Å². The van der Waals surface area contributed by atoms with Gasteiger partial charge in [-0.2, -0.15) is 0 Å². The van der Waals surface area contributed by atoms with E-state index in [1.165, 1.54) is 12.1 Å². The second kappa shape index (κ2) is 5.57. The van der Waals surface area contributed by atoms with Crippen LogP contribution in [0.25, 0.3) is 0 Å². The molecule has 0 radical (unpaired) electrons. The number of nitrogens with one attached hydrogen (secondary N) is 1. The van der Waals surface area contributed by atoms with Gasteiger partial charge in [0.1, 0.15) is 4.90 Å². The number of benzene rings is 1. The van der Waals surface area contributed by atoms with Crippen LogP contribution in [0.5, 0.6) is 0 Å². The van der Waals surface area contributed by atoms with Crippen LogP contribution in [0.3, 0.4) is 0 Å². The average Bonchev–Trinajstić information content (AvgIpc) is 2.28. The second-order valence-corrected chi connectivity index (χ2v) is 6.82. The van der Waals surface area contributed by atoms with Crippen LogP contribution in [-0.2, 0) is 16.6 Å². The Morgan fingerprint density at radius 2 is 2.00 bits per heavy atom. The largest absolute Gasteiger partial charge is 0.392 e. The number of halogens is 1. The minimum absolute atomic E-state index is 0.00255. The van der Waals surface area contributed by atoms with Crippen LogP contribution in [0.1, 0.15) is 32.8 Å². The van der Waals surface area contributed by atoms with Gasteiger partial charge in [0, 0.05) is 5.54 Å². The lowest BCUT2D eigenvalue weighted by Crippen LogP contribution is -2.42. The molecule has 2 N–H and O–H groups in total. The van der Waals surface area contributed by atoms with Crippen molar-refractivity contribution in [2.75, 3.05) is 0 Å².